The summed E-state index contributed by atoms with van der Waals surface area (Å²) in [4.78, 5) is 14.6. The number of alkyl halides is 3. The fourth-order valence-electron chi connectivity index (χ4n) is 1.90. The van der Waals surface area contributed by atoms with E-state index in [1.165, 1.54) is 18.3 Å². The number of nitrogens with one attached hydrogen (secondary N) is 3. The van der Waals surface area contributed by atoms with E-state index in [4.69, 9.17) is 11.1 Å². The maximum absolute atomic E-state index is 12.2. The Hall–Kier alpha value is -3.27. The Bertz CT molecular complexity index is 716. The number of nitrogens with zero attached hydrogens (tertiary/aromatic N) is 4. The molecule has 0 bridgehead atoms. The maximum atomic E-state index is 12.2. The number of rotatable bonds is 11. The molecule has 0 saturated carbocycles. The summed E-state index contributed by atoms with van der Waals surface area (Å²) in [6.45, 7) is 0.798. The highest BCUT2D eigenvalue weighted by Gasteiger charge is 2.31. The van der Waals surface area contributed by atoms with Crippen molar-refractivity contribution in [1.29, 1.82) is 5.53 Å². The van der Waals surface area contributed by atoms with Crippen molar-refractivity contribution in [3.63, 3.8) is 0 Å². The first-order valence-corrected chi connectivity index (χ1v) is 7.80. The van der Waals surface area contributed by atoms with Crippen LogP contribution in [0.4, 0.5) is 13.2 Å². The predicted octanol–water partition coefficient (Wildman–Crippen LogP) is 3.75. The Balaban J connectivity index is 2.49. The molecule has 0 spiro atoms. The van der Waals surface area contributed by atoms with Crippen LogP contribution >= 0.6 is 0 Å². The van der Waals surface area contributed by atoms with Gasteiger partial charge in [0, 0.05) is 30.7 Å². The van der Waals surface area contributed by atoms with Crippen LogP contribution in [0.15, 0.2) is 46.4 Å². The number of carbonyl (C=O) groups is 1. The number of unbranched alkanes of at least 4 members (excludes halogenated alkanes) is 1. The molecule has 0 fully saturated rings. The summed E-state index contributed by atoms with van der Waals surface area (Å²) in [5.74, 6) is -1.05. The lowest BCUT2D eigenvalue weighted by atomic mass is 10.2. The van der Waals surface area contributed by atoms with E-state index in [0.717, 1.165) is 12.1 Å². The molecule has 0 radical (unpaired) electrons. The molecule has 0 aliphatic rings. The fraction of sp³-hybridized carbons (Fsp3) is 0.400. The van der Waals surface area contributed by atoms with Crippen molar-refractivity contribution in [3.8, 4) is 5.75 Å². The maximum Gasteiger partial charge on any atom is 0.573 e. The van der Waals surface area contributed by atoms with E-state index in [2.05, 4.69) is 30.5 Å². The highest BCUT2D eigenvalue weighted by atomic mass is 19.4. The lowest BCUT2D eigenvalue weighted by Gasteiger charge is -2.10. The van der Waals surface area contributed by atoms with Gasteiger partial charge in [0.25, 0.3) is 5.91 Å². The zero-order chi connectivity index (χ0) is 20.1. The minimum atomic E-state index is -4.80. The van der Waals surface area contributed by atoms with Crippen molar-refractivity contribution in [3.05, 3.63) is 52.2 Å². The average molecular weight is 385 g/mol. The Morgan fingerprint density at radius 3 is 2.81 bits per heavy atom. The molecule has 0 atom stereocenters. The highest BCUT2D eigenvalue weighted by molar-refractivity contribution is 5.92. The number of benzene rings is 1. The average Bonchev–Trinajstić information content (AvgIpc) is 2.61. The van der Waals surface area contributed by atoms with Crippen LogP contribution in [0.3, 0.4) is 0 Å². The minimum absolute atomic E-state index is 0.0626. The summed E-state index contributed by atoms with van der Waals surface area (Å²) in [5, 5.41) is 11.8. The molecule has 0 aliphatic carbocycles. The molecule has 0 unspecified atom stereocenters. The molecule has 9 nitrogen and oxygen atoms in total. The van der Waals surface area contributed by atoms with Gasteiger partial charge in [-0.1, -0.05) is 17.2 Å². The van der Waals surface area contributed by atoms with Crippen LogP contribution in [0.2, 0.25) is 0 Å². The number of hydrogen-bond acceptors (Lipinski definition) is 6. The third-order valence-corrected chi connectivity index (χ3v) is 3.07. The third-order valence-electron chi connectivity index (χ3n) is 3.07. The summed E-state index contributed by atoms with van der Waals surface area (Å²) < 4.78 is 40.4. The molecule has 27 heavy (non-hydrogen) atoms. The second-order valence-corrected chi connectivity index (χ2v) is 5.13. The standard InChI is InChI=1S/C15H18F3N7O2/c16-15(17,18)27-12-5-3-4-11(8-12)9-22-14(26)13(24-19)10-21-6-1-2-7-23-25-20/h3-5,8,10,19,21H,1-2,6-7,9H2,(H,22,26)/b13-10-,24-19?. The van der Waals surface area contributed by atoms with Crippen LogP contribution in [-0.2, 0) is 11.3 Å². The molecule has 0 aliphatic heterocycles. The first kappa shape index (κ1) is 21.8. The molecule has 12 heteroatoms. The SMILES string of the molecule is [N-]=[N+]=NCCCCN/C=C(\N=N)C(=O)NCc1cccc(OC(F)(F)F)c1. The number of amides is 1. The Morgan fingerprint density at radius 2 is 2.15 bits per heavy atom. The normalized spacial score (nSPS) is 11.3. The van der Waals surface area contributed by atoms with Gasteiger partial charge in [-0.25, -0.2) is 5.53 Å². The molecule has 146 valence electrons. The minimum Gasteiger partial charge on any atom is -0.406 e. The van der Waals surface area contributed by atoms with Gasteiger partial charge in [0.15, 0.2) is 5.70 Å². The van der Waals surface area contributed by atoms with E-state index in [-0.39, 0.29) is 12.2 Å². The van der Waals surface area contributed by atoms with Crippen LogP contribution in [-0.4, -0.2) is 25.4 Å². The number of ether oxygens (including phenoxy) is 1. The van der Waals surface area contributed by atoms with Crippen molar-refractivity contribution in [2.45, 2.75) is 25.7 Å². The molecule has 1 amide bonds. The second-order valence-electron chi connectivity index (χ2n) is 5.13. The Morgan fingerprint density at radius 1 is 1.37 bits per heavy atom. The van der Waals surface area contributed by atoms with Gasteiger partial charge >= 0.3 is 6.36 Å². The van der Waals surface area contributed by atoms with E-state index in [0.29, 0.717) is 31.5 Å². The molecular weight excluding hydrogens is 367 g/mol. The Kier molecular flexibility index (Phi) is 9.16. The van der Waals surface area contributed by atoms with E-state index >= 15 is 0 Å². The summed E-state index contributed by atoms with van der Waals surface area (Å²) in [7, 11) is 0. The van der Waals surface area contributed by atoms with Crippen molar-refractivity contribution < 1.29 is 22.7 Å². The number of halogens is 3. The molecule has 0 saturated heterocycles. The summed E-state index contributed by atoms with van der Waals surface area (Å²) in [6.07, 6.45) is -2.18. The molecule has 0 aromatic heterocycles. The van der Waals surface area contributed by atoms with Gasteiger partial charge < -0.3 is 15.4 Å². The van der Waals surface area contributed by atoms with Gasteiger partial charge in [0.05, 0.1) is 0 Å². The van der Waals surface area contributed by atoms with Crippen LogP contribution in [0, 0.1) is 5.53 Å². The first-order chi connectivity index (χ1) is 12.9. The van der Waals surface area contributed by atoms with Crippen molar-refractivity contribution >= 4 is 5.91 Å². The van der Waals surface area contributed by atoms with Crippen molar-refractivity contribution in [2.75, 3.05) is 13.1 Å². The lowest BCUT2D eigenvalue weighted by molar-refractivity contribution is -0.274. The smallest absolute Gasteiger partial charge is 0.406 e. The zero-order valence-corrected chi connectivity index (χ0v) is 14.2. The van der Waals surface area contributed by atoms with Crippen LogP contribution in [0.1, 0.15) is 18.4 Å². The molecular formula is C15H18F3N7O2. The van der Waals surface area contributed by atoms with Crippen LogP contribution in [0.25, 0.3) is 10.4 Å². The number of carbonyl (C=O) groups excluding carboxylic acids is 1. The van der Waals surface area contributed by atoms with Crippen molar-refractivity contribution in [2.24, 2.45) is 10.2 Å². The van der Waals surface area contributed by atoms with Gasteiger partial charge in [0.2, 0.25) is 0 Å². The number of hydrogen-bond donors (Lipinski definition) is 3. The third kappa shape index (κ3) is 9.70. The Labute approximate surface area is 152 Å². The molecule has 1 rings (SSSR count). The molecule has 1 aromatic rings. The zero-order valence-electron chi connectivity index (χ0n) is 14.2. The summed E-state index contributed by atoms with van der Waals surface area (Å²) in [6, 6.07) is 5.19. The second kappa shape index (κ2) is 11.4. The van der Waals surface area contributed by atoms with Gasteiger partial charge in [-0.3, -0.25) is 4.79 Å². The first-order valence-electron chi connectivity index (χ1n) is 7.80. The van der Waals surface area contributed by atoms with Crippen LogP contribution < -0.4 is 15.4 Å². The van der Waals surface area contributed by atoms with Crippen molar-refractivity contribution in [1.82, 2.24) is 10.6 Å². The molecule has 3 N–H and O–H groups in total. The van der Waals surface area contributed by atoms with E-state index < -0.39 is 18.0 Å². The van der Waals surface area contributed by atoms with E-state index in [9.17, 15) is 18.0 Å². The summed E-state index contributed by atoms with van der Waals surface area (Å²) >= 11 is 0. The predicted molar refractivity (Wildman–Crippen MR) is 89.5 cm³/mol. The summed E-state index contributed by atoms with van der Waals surface area (Å²) in [5.41, 5.74) is 15.4. The topological polar surface area (TPSA) is 135 Å². The lowest BCUT2D eigenvalue weighted by Crippen LogP contribution is -2.25. The fourth-order valence-corrected chi connectivity index (χ4v) is 1.90. The van der Waals surface area contributed by atoms with E-state index in [1.807, 2.05) is 0 Å². The molecule has 0 heterocycles. The number of azide groups is 1. The quantitative estimate of drug-likeness (QED) is 0.176. The van der Waals surface area contributed by atoms with E-state index in [1.54, 1.807) is 0 Å². The van der Waals surface area contributed by atoms with Crippen LogP contribution in [0.5, 0.6) is 5.75 Å². The van der Waals surface area contributed by atoms with Gasteiger partial charge in [-0.05, 0) is 36.1 Å². The molecule has 1 aromatic carbocycles. The van der Waals surface area contributed by atoms with Gasteiger partial charge in [-0.15, -0.1) is 13.2 Å². The largest absolute Gasteiger partial charge is 0.573 e. The van der Waals surface area contributed by atoms with Gasteiger partial charge in [0.1, 0.15) is 5.75 Å². The van der Waals surface area contributed by atoms with Gasteiger partial charge in [-0.2, -0.15) is 5.11 Å². The highest BCUT2D eigenvalue weighted by Crippen LogP contribution is 2.23. The monoisotopic (exact) mass is 385 g/mol.